The van der Waals surface area contributed by atoms with E-state index in [1.54, 1.807) is 39.9 Å². The van der Waals surface area contributed by atoms with Gasteiger partial charge in [0, 0.05) is 29.3 Å². The van der Waals surface area contributed by atoms with Crippen molar-refractivity contribution in [3.63, 3.8) is 0 Å². The molecular formula is C19H18N6O. The molecule has 26 heavy (non-hydrogen) atoms. The Bertz CT molecular complexity index is 1090. The molecule has 130 valence electrons. The minimum atomic E-state index is -0.206. The van der Waals surface area contributed by atoms with Gasteiger partial charge < -0.3 is 5.32 Å². The summed E-state index contributed by atoms with van der Waals surface area (Å²) in [6, 6.07) is 9.38. The van der Waals surface area contributed by atoms with Crippen molar-refractivity contribution in [2.75, 3.05) is 5.32 Å². The third-order valence-electron chi connectivity index (χ3n) is 4.18. The number of hydrogen-bond donors (Lipinski definition) is 1. The summed E-state index contributed by atoms with van der Waals surface area (Å²) in [5.74, 6) is 0.367. The number of rotatable bonds is 3. The largest absolute Gasteiger partial charge is 0.316 e. The predicted octanol–water partition coefficient (Wildman–Crippen LogP) is 3.09. The molecule has 0 saturated heterocycles. The normalized spacial score (nSPS) is 11.0. The summed E-state index contributed by atoms with van der Waals surface area (Å²) < 4.78 is 3.49. The summed E-state index contributed by atoms with van der Waals surface area (Å²) in [5.41, 5.74) is 4.63. The third kappa shape index (κ3) is 2.73. The monoisotopic (exact) mass is 346 g/mol. The molecule has 3 heterocycles. The second-order valence-corrected chi connectivity index (χ2v) is 6.26. The molecule has 0 spiro atoms. The highest BCUT2D eigenvalue weighted by Crippen LogP contribution is 2.26. The first kappa shape index (κ1) is 16.0. The standard InChI is InChI=1S/C19H18N6O/c1-12-4-6-15(7-5-12)19(26)22-16-17-21-13(2)10-14(3)25(17)23-18(16)24-9-8-20-11-24/h4-11H,1-3H3,(H,22,26). The number of fused-ring (bicyclic) bond motifs is 1. The van der Waals surface area contributed by atoms with Crippen molar-refractivity contribution in [1.29, 1.82) is 0 Å². The molecule has 0 atom stereocenters. The Morgan fingerprint density at radius 2 is 1.88 bits per heavy atom. The number of nitrogens with zero attached hydrogens (tertiary/aromatic N) is 5. The predicted molar refractivity (Wildman–Crippen MR) is 98.7 cm³/mol. The molecule has 0 saturated carbocycles. The van der Waals surface area contributed by atoms with Gasteiger partial charge >= 0.3 is 0 Å². The number of hydrogen-bond acceptors (Lipinski definition) is 4. The fourth-order valence-corrected chi connectivity index (χ4v) is 2.88. The van der Waals surface area contributed by atoms with Crippen molar-refractivity contribution >= 4 is 17.2 Å². The van der Waals surface area contributed by atoms with Crippen LogP contribution in [0.4, 0.5) is 5.69 Å². The van der Waals surface area contributed by atoms with E-state index in [1.165, 1.54) is 0 Å². The van der Waals surface area contributed by atoms with Gasteiger partial charge in [0.05, 0.1) is 0 Å². The van der Waals surface area contributed by atoms with Gasteiger partial charge in [-0.3, -0.25) is 9.36 Å². The van der Waals surface area contributed by atoms with E-state index in [9.17, 15) is 4.79 Å². The Morgan fingerprint density at radius 3 is 2.58 bits per heavy atom. The van der Waals surface area contributed by atoms with Gasteiger partial charge in [0.15, 0.2) is 11.5 Å². The van der Waals surface area contributed by atoms with Crippen molar-refractivity contribution in [3.05, 3.63) is 71.6 Å². The van der Waals surface area contributed by atoms with E-state index in [1.807, 2.05) is 39.0 Å². The molecule has 1 amide bonds. The molecule has 0 aliphatic carbocycles. The van der Waals surface area contributed by atoms with Crippen LogP contribution in [0.15, 0.2) is 49.1 Å². The fraction of sp³-hybridized carbons (Fsp3) is 0.158. The summed E-state index contributed by atoms with van der Waals surface area (Å²) in [4.78, 5) is 21.4. The topological polar surface area (TPSA) is 77.1 Å². The SMILES string of the molecule is Cc1ccc(C(=O)Nc2c(-n3ccnc3)nn3c(C)cc(C)nc23)cc1. The van der Waals surface area contributed by atoms with Crippen LogP contribution in [0.5, 0.6) is 0 Å². The molecule has 4 aromatic rings. The van der Waals surface area contributed by atoms with Crippen molar-refractivity contribution in [1.82, 2.24) is 24.1 Å². The van der Waals surface area contributed by atoms with E-state index in [-0.39, 0.29) is 5.91 Å². The molecule has 4 rings (SSSR count). The summed E-state index contributed by atoms with van der Waals surface area (Å²) in [6.07, 6.45) is 5.10. The number of aryl methyl sites for hydroxylation is 3. The van der Waals surface area contributed by atoms with Crippen LogP contribution < -0.4 is 5.32 Å². The minimum absolute atomic E-state index is 0.206. The van der Waals surface area contributed by atoms with Crippen molar-refractivity contribution in [2.45, 2.75) is 20.8 Å². The minimum Gasteiger partial charge on any atom is -0.316 e. The highest BCUT2D eigenvalue weighted by molar-refractivity contribution is 6.07. The summed E-state index contributed by atoms with van der Waals surface area (Å²) in [7, 11) is 0. The third-order valence-corrected chi connectivity index (χ3v) is 4.18. The van der Waals surface area contributed by atoms with Gasteiger partial charge in [-0.25, -0.2) is 14.5 Å². The molecular weight excluding hydrogens is 328 g/mol. The lowest BCUT2D eigenvalue weighted by Gasteiger charge is -2.07. The molecule has 7 heteroatoms. The lowest BCUT2D eigenvalue weighted by Crippen LogP contribution is -2.13. The number of benzene rings is 1. The van der Waals surface area contributed by atoms with E-state index < -0.39 is 0 Å². The van der Waals surface area contributed by atoms with Crippen molar-refractivity contribution < 1.29 is 4.79 Å². The Morgan fingerprint density at radius 1 is 1.12 bits per heavy atom. The van der Waals surface area contributed by atoms with E-state index in [0.29, 0.717) is 22.7 Å². The number of anilines is 1. The Labute approximate surface area is 150 Å². The van der Waals surface area contributed by atoms with Crippen LogP contribution in [0.3, 0.4) is 0 Å². The van der Waals surface area contributed by atoms with Gasteiger partial charge in [0.2, 0.25) is 0 Å². The summed E-state index contributed by atoms with van der Waals surface area (Å²) in [5, 5.41) is 7.60. The van der Waals surface area contributed by atoms with Crippen LogP contribution in [0.1, 0.15) is 27.3 Å². The van der Waals surface area contributed by atoms with Crippen molar-refractivity contribution in [2.24, 2.45) is 0 Å². The Hall–Kier alpha value is -3.48. The molecule has 0 radical (unpaired) electrons. The average molecular weight is 346 g/mol. The van der Waals surface area contributed by atoms with E-state index in [0.717, 1.165) is 17.0 Å². The van der Waals surface area contributed by atoms with Gasteiger partial charge in [-0.05, 0) is 39.0 Å². The smallest absolute Gasteiger partial charge is 0.255 e. The van der Waals surface area contributed by atoms with Crippen LogP contribution in [0, 0.1) is 20.8 Å². The maximum atomic E-state index is 12.8. The lowest BCUT2D eigenvalue weighted by molar-refractivity contribution is 0.102. The second kappa shape index (κ2) is 6.11. The van der Waals surface area contributed by atoms with Crippen molar-refractivity contribution in [3.8, 4) is 5.82 Å². The average Bonchev–Trinajstić information content (AvgIpc) is 3.24. The second-order valence-electron chi connectivity index (χ2n) is 6.26. The van der Waals surface area contributed by atoms with Gasteiger partial charge in [0.1, 0.15) is 12.0 Å². The zero-order valence-corrected chi connectivity index (χ0v) is 14.8. The summed E-state index contributed by atoms with van der Waals surface area (Å²) >= 11 is 0. The number of carbonyl (C=O) groups is 1. The van der Waals surface area contributed by atoms with Crippen LogP contribution in [0.25, 0.3) is 11.5 Å². The van der Waals surface area contributed by atoms with Gasteiger partial charge in [-0.1, -0.05) is 17.7 Å². The molecule has 0 aliphatic heterocycles. The number of imidazole rings is 1. The van der Waals surface area contributed by atoms with E-state index in [4.69, 9.17) is 0 Å². The number of carbonyl (C=O) groups excluding carboxylic acids is 1. The zero-order chi connectivity index (χ0) is 18.3. The first-order valence-electron chi connectivity index (χ1n) is 8.26. The maximum absolute atomic E-state index is 12.8. The zero-order valence-electron chi connectivity index (χ0n) is 14.8. The Balaban J connectivity index is 1.85. The number of amides is 1. The fourth-order valence-electron chi connectivity index (χ4n) is 2.88. The number of aromatic nitrogens is 5. The first-order valence-corrected chi connectivity index (χ1v) is 8.26. The molecule has 3 aromatic heterocycles. The molecule has 0 unspecified atom stereocenters. The highest BCUT2D eigenvalue weighted by atomic mass is 16.1. The lowest BCUT2D eigenvalue weighted by atomic mass is 10.1. The molecule has 0 aliphatic rings. The van der Waals surface area contributed by atoms with Crippen LogP contribution in [-0.4, -0.2) is 30.1 Å². The molecule has 7 nitrogen and oxygen atoms in total. The molecule has 0 fully saturated rings. The molecule has 1 aromatic carbocycles. The first-order chi connectivity index (χ1) is 12.5. The van der Waals surface area contributed by atoms with E-state index in [2.05, 4.69) is 20.4 Å². The van der Waals surface area contributed by atoms with E-state index >= 15 is 0 Å². The van der Waals surface area contributed by atoms with Gasteiger partial charge in [-0.15, -0.1) is 5.10 Å². The Kier molecular flexibility index (Phi) is 3.76. The van der Waals surface area contributed by atoms with Crippen LogP contribution in [0.2, 0.25) is 0 Å². The van der Waals surface area contributed by atoms with Crippen LogP contribution in [-0.2, 0) is 0 Å². The summed E-state index contributed by atoms with van der Waals surface area (Å²) in [6.45, 7) is 5.86. The maximum Gasteiger partial charge on any atom is 0.255 e. The van der Waals surface area contributed by atoms with Crippen LogP contribution >= 0.6 is 0 Å². The highest BCUT2D eigenvalue weighted by Gasteiger charge is 2.20. The van der Waals surface area contributed by atoms with Gasteiger partial charge in [0.25, 0.3) is 5.91 Å². The number of nitrogens with one attached hydrogen (secondary N) is 1. The molecule has 1 N–H and O–H groups in total. The van der Waals surface area contributed by atoms with Gasteiger partial charge in [-0.2, -0.15) is 0 Å². The molecule has 0 bridgehead atoms. The quantitative estimate of drug-likeness (QED) is 0.618.